The monoisotopic (exact) mass is 570 g/mol. The average molecular weight is 571 g/mol. The molecule has 0 spiro atoms. The highest BCUT2D eigenvalue weighted by Gasteiger charge is 2.33. The number of esters is 3. The van der Waals surface area contributed by atoms with E-state index in [9.17, 15) is 14.4 Å². The normalized spacial score (nSPS) is 14.4. The van der Waals surface area contributed by atoms with Crippen molar-refractivity contribution in [2.45, 2.75) is 52.9 Å². The first-order valence-electron chi connectivity index (χ1n) is 14.3. The van der Waals surface area contributed by atoms with Gasteiger partial charge in [-0.05, 0) is 80.6 Å². The molecule has 41 heavy (non-hydrogen) atoms. The van der Waals surface area contributed by atoms with E-state index in [-0.39, 0.29) is 17.3 Å². The van der Waals surface area contributed by atoms with Gasteiger partial charge in [0.05, 0.1) is 56.7 Å². The summed E-state index contributed by atoms with van der Waals surface area (Å²) in [7, 11) is 0. The molecule has 0 bridgehead atoms. The number of carbonyl (C=O) groups is 3. The summed E-state index contributed by atoms with van der Waals surface area (Å²) in [5, 5.41) is 0. The minimum absolute atomic E-state index is 0.0761. The van der Waals surface area contributed by atoms with Crippen LogP contribution in [0.3, 0.4) is 0 Å². The summed E-state index contributed by atoms with van der Waals surface area (Å²) in [4.78, 5) is 36.4. The van der Waals surface area contributed by atoms with Crippen molar-refractivity contribution < 1.29 is 42.8 Å². The smallest absolute Gasteiger partial charge is 0.343 e. The Balaban J connectivity index is 1.29. The van der Waals surface area contributed by atoms with Crippen LogP contribution in [-0.2, 0) is 23.7 Å². The third-order valence-corrected chi connectivity index (χ3v) is 6.72. The van der Waals surface area contributed by atoms with Gasteiger partial charge in [-0.25, -0.2) is 9.59 Å². The van der Waals surface area contributed by atoms with E-state index >= 15 is 0 Å². The number of ether oxygens (including phenoxy) is 6. The largest absolute Gasteiger partial charge is 0.494 e. The molecule has 0 radical (unpaired) electrons. The molecule has 2 aromatic rings. The number of rotatable bonds is 18. The number of unbranched alkanes of at least 4 members (excludes halogenated alkanes) is 2. The van der Waals surface area contributed by atoms with Crippen LogP contribution in [0.15, 0.2) is 48.5 Å². The second-order valence-corrected chi connectivity index (χ2v) is 10.7. The lowest BCUT2D eigenvalue weighted by Crippen LogP contribution is -2.43. The molecule has 9 heteroatoms. The minimum atomic E-state index is -0.518. The lowest BCUT2D eigenvalue weighted by atomic mass is 9.90. The first-order valence-corrected chi connectivity index (χ1v) is 14.3. The van der Waals surface area contributed by atoms with Gasteiger partial charge >= 0.3 is 17.9 Å². The van der Waals surface area contributed by atoms with Gasteiger partial charge in [0.1, 0.15) is 11.5 Å². The molecule has 224 valence electrons. The molecule has 0 aliphatic carbocycles. The molecule has 0 N–H and O–H groups in total. The number of hydrogen-bond donors (Lipinski definition) is 0. The molecule has 1 aliphatic rings. The van der Waals surface area contributed by atoms with Crippen LogP contribution in [0.25, 0.3) is 0 Å². The second kappa shape index (κ2) is 16.7. The van der Waals surface area contributed by atoms with E-state index in [0.717, 1.165) is 38.9 Å². The maximum atomic E-state index is 12.5. The van der Waals surface area contributed by atoms with Crippen molar-refractivity contribution in [3.63, 3.8) is 0 Å². The highest BCUT2D eigenvalue weighted by atomic mass is 16.5. The molecule has 1 heterocycles. The number of hydrogen-bond acceptors (Lipinski definition) is 9. The van der Waals surface area contributed by atoms with E-state index in [1.165, 1.54) is 0 Å². The van der Waals surface area contributed by atoms with Crippen molar-refractivity contribution >= 4 is 17.9 Å². The third kappa shape index (κ3) is 11.2. The van der Waals surface area contributed by atoms with Crippen LogP contribution in [0.5, 0.6) is 11.5 Å². The zero-order valence-electron chi connectivity index (χ0n) is 24.4. The molecule has 0 aromatic heterocycles. The lowest BCUT2D eigenvalue weighted by Gasteiger charge is -2.37. The molecule has 1 saturated heterocycles. The van der Waals surface area contributed by atoms with Gasteiger partial charge in [0.15, 0.2) is 0 Å². The Hall–Kier alpha value is -3.43. The molecule has 0 saturated carbocycles. The Labute approximate surface area is 242 Å². The van der Waals surface area contributed by atoms with Crippen LogP contribution in [0, 0.1) is 11.3 Å². The first kappa shape index (κ1) is 32.1. The highest BCUT2D eigenvalue weighted by Crippen LogP contribution is 2.26. The van der Waals surface area contributed by atoms with E-state index in [4.69, 9.17) is 28.4 Å². The van der Waals surface area contributed by atoms with Gasteiger partial charge in [-0.15, -0.1) is 0 Å². The van der Waals surface area contributed by atoms with Crippen LogP contribution in [0.4, 0.5) is 0 Å². The van der Waals surface area contributed by atoms with Gasteiger partial charge in [0, 0.05) is 12.0 Å². The minimum Gasteiger partial charge on any atom is -0.494 e. The van der Waals surface area contributed by atoms with E-state index in [1.807, 2.05) is 13.8 Å². The predicted molar refractivity (Wildman–Crippen MR) is 152 cm³/mol. The molecule has 1 unspecified atom stereocenters. The predicted octanol–water partition coefficient (Wildman–Crippen LogP) is 5.64. The fourth-order valence-electron chi connectivity index (χ4n) is 3.79. The van der Waals surface area contributed by atoms with Gasteiger partial charge in [-0.3, -0.25) is 4.79 Å². The van der Waals surface area contributed by atoms with E-state index in [1.54, 1.807) is 48.5 Å². The average Bonchev–Trinajstić information content (AvgIpc) is 2.97. The van der Waals surface area contributed by atoms with Crippen molar-refractivity contribution in [3.05, 3.63) is 59.7 Å². The maximum Gasteiger partial charge on any atom is 0.343 e. The summed E-state index contributed by atoms with van der Waals surface area (Å²) in [6.07, 6.45) is 3.75. The topological polar surface area (TPSA) is 107 Å². The molecule has 1 atom stereocenters. The molecule has 1 aliphatic heterocycles. The molecular weight excluding hydrogens is 528 g/mol. The summed E-state index contributed by atoms with van der Waals surface area (Å²) in [5.74, 6) is -0.229. The van der Waals surface area contributed by atoms with Gasteiger partial charge < -0.3 is 28.4 Å². The fourth-order valence-corrected chi connectivity index (χ4v) is 3.79. The standard InChI is InChI=1S/C32H42O9/c1-4-24(2)29(33)39-19-8-7-18-38-27-13-9-26(10-14-27)31(35)41-28-15-11-25(12-16-28)30(34)40-20-6-5-17-36-21-32(3)22-37-23-32/h9-16,24H,4-8,17-23H2,1-3H3. The Morgan fingerprint density at radius 1 is 0.780 bits per heavy atom. The SMILES string of the molecule is CCC(C)C(=O)OCCCCOc1ccc(C(=O)Oc2ccc(C(=O)OCCCCOCC3(C)COC3)cc2)cc1. The van der Waals surface area contributed by atoms with Crippen molar-refractivity contribution in [3.8, 4) is 11.5 Å². The Kier molecular flexibility index (Phi) is 13.1. The quantitative estimate of drug-likeness (QED) is 0.128. The van der Waals surface area contributed by atoms with Crippen LogP contribution < -0.4 is 9.47 Å². The van der Waals surface area contributed by atoms with Gasteiger partial charge in [-0.2, -0.15) is 0 Å². The Morgan fingerprint density at radius 2 is 1.34 bits per heavy atom. The van der Waals surface area contributed by atoms with Crippen LogP contribution in [-0.4, -0.2) is 64.2 Å². The van der Waals surface area contributed by atoms with Crippen LogP contribution >= 0.6 is 0 Å². The molecular formula is C32H42O9. The zero-order valence-corrected chi connectivity index (χ0v) is 24.4. The van der Waals surface area contributed by atoms with Crippen molar-refractivity contribution in [2.24, 2.45) is 11.3 Å². The Morgan fingerprint density at radius 3 is 1.95 bits per heavy atom. The van der Waals surface area contributed by atoms with Crippen LogP contribution in [0.2, 0.25) is 0 Å². The van der Waals surface area contributed by atoms with Crippen molar-refractivity contribution in [1.82, 2.24) is 0 Å². The fraction of sp³-hybridized carbons (Fsp3) is 0.531. The van der Waals surface area contributed by atoms with Crippen LogP contribution in [0.1, 0.15) is 73.6 Å². The van der Waals surface area contributed by atoms with E-state index in [0.29, 0.717) is 62.1 Å². The van der Waals surface area contributed by atoms with Gasteiger partial charge in [-0.1, -0.05) is 20.8 Å². The third-order valence-electron chi connectivity index (χ3n) is 6.72. The number of carbonyl (C=O) groups excluding carboxylic acids is 3. The lowest BCUT2D eigenvalue weighted by molar-refractivity contribution is -0.148. The zero-order chi connectivity index (χ0) is 29.5. The number of benzene rings is 2. The molecule has 1 fully saturated rings. The summed E-state index contributed by atoms with van der Waals surface area (Å²) in [6.45, 7) is 9.92. The van der Waals surface area contributed by atoms with Gasteiger partial charge in [0.2, 0.25) is 0 Å². The summed E-state index contributed by atoms with van der Waals surface area (Å²) in [6, 6.07) is 12.9. The molecule has 9 nitrogen and oxygen atoms in total. The second-order valence-electron chi connectivity index (χ2n) is 10.7. The highest BCUT2D eigenvalue weighted by molar-refractivity contribution is 5.92. The maximum absolute atomic E-state index is 12.5. The molecule has 3 rings (SSSR count). The van der Waals surface area contributed by atoms with E-state index in [2.05, 4.69) is 6.92 Å². The summed E-state index contributed by atoms with van der Waals surface area (Å²) >= 11 is 0. The molecule has 0 amide bonds. The van der Waals surface area contributed by atoms with Gasteiger partial charge in [0.25, 0.3) is 0 Å². The summed E-state index contributed by atoms with van der Waals surface area (Å²) in [5.41, 5.74) is 0.895. The summed E-state index contributed by atoms with van der Waals surface area (Å²) < 4.78 is 32.5. The van der Waals surface area contributed by atoms with Crippen molar-refractivity contribution in [2.75, 3.05) is 46.2 Å². The van der Waals surface area contributed by atoms with Crippen molar-refractivity contribution in [1.29, 1.82) is 0 Å². The first-order chi connectivity index (χ1) is 19.8. The van der Waals surface area contributed by atoms with E-state index < -0.39 is 11.9 Å². The molecule has 2 aromatic carbocycles. The Bertz CT molecular complexity index is 1090.